The molecule has 2 aliphatic rings. The minimum absolute atomic E-state index is 0.0449. The third-order valence-corrected chi connectivity index (χ3v) is 4.19. The van der Waals surface area contributed by atoms with Crippen LogP contribution in [0.15, 0.2) is 18.2 Å². The van der Waals surface area contributed by atoms with Gasteiger partial charge in [-0.2, -0.15) is 0 Å². The van der Waals surface area contributed by atoms with Crippen LogP contribution in [0.2, 0.25) is 0 Å². The van der Waals surface area contributed by atoms with E-state index in [0.717, 1.165) is 31.7 Å². The van der Waals surface area contributed by atoms with Crippen LogP contribution >= 0.6 is 0 Å². The number of carbonyl (C=O) groups excluding carboxylic acids is 1. The van der Waals surface area contributed by atoms with Crippen LogP contribution < -0.4 is 10.1 Å². The van der Waals surface area contributed by atoms with E-state index in [0.29, 0.717) is 12.0 Å². The second-order valence-corrected chi connectivity index (χ2v) is 5.89. The molecule has 5 heteroatoms. The van der Waals surface area contributed by atoms with Gasteiger partial charge in [0.05, 0.1) is 0 Å². The van der Waals surface area contributed by atoms with Crippen molar-refractivity contribution in [2.24, 2.45) is 5.92 Å². The zero-order chi connectivity index (χ0) is 14.8. The van der Waals surface area contributed by atoms with Crippen molar-refractivity contribution < 1.29 is 14.6 Å². The molecular weight excluding hydrogens is 268 g/mol. The molecule has 1 aromatic rings. The van der Waals surface area contributed by atoms with Crippen LogP contribution in [0.25, 0.3) is 0 Å². The minimum Gasteiger partial charge on any atom is -0.504 e. The first-order valence-corrected chi connectivity index (χ1v) is 7.61. The third-order valence-electron chi connectivity index (χ3n) is 4.19. The average Bonchev–Trinajstić information content (AvgIpc) is 3.28. The van der Waals surface area contributed by atoms with Gasteiger partial charge in [0.1, 0.15) is 0 Å². The summed E-state index contributed by atoms with van der Waals surface area (Å²) in [5, 5.41) is 13.5. The molecule has 0 spiro atoms. The van der Waals surface area contributed by atoms with Crippen LogP contribution in [0, 0.1) is 5.92 Å². The molecular formula is C16H22N2O3. The highest BCUT2D eigenvalue weighted by atomic mass is 16.5. The first-order chi connectivity index (χ1) is 10.1. The number of hydrogen-bond donors (Lipinski definition) is 2. The molecule has 1 heterocycles. The molecule has 1 aromatic carbocycles. The molecule has 0 amide bonds. The highest BCUT2D eigenvalue weighted by molar-refractivity contribution is 5.70. The number of ether oxygens (including phenoxy) is 1. The van der Waals surface area contributed by atoms with Gasteiger partial charge in [-0.3, -0.25) is 9.69 Å². The summed E-state index contributed by atoms with van der Waals surface area (Å²) in [7, 11) is 0. The predicted octanol–water partition coefficient (Wildman–Crippen LogP) is 1.67. The molecule has 2 fully saturated rings. The predicted molar refractivity (Wildman–Crippen MR) is 79.3 cm³/mol. The van der Waals surface area contributed by atoms with Crippen molar-refractivity contribution in [1.82, 2.24) is 10.2 Å². The molecule has 5 nitrogen and oxygen atoms in total. The van der Waals surface area contributed by atoms with Crippen molar-refractivity contribution in [1.29, 1.82) is 0 Å². The monoisotopic (exact) mass is 290 g/mol. The van der Waals surface area contributed by atoms with Crippen LogP contribution in [-0.2, 0) is 4.79 Å². The van der Waals surface area contributed by atoms with Crippen LogP contribution in [0.4, 0.5) is 0 Å². The summed E-state index contributed by atoms with van der Waals surface area (Å²) in [6, 6.07) is 5.79. The number of carbonyl (C=O) groups is 1. The average molecular weight is 290 g/mol. The van der Waals surface area contributed by atoms with Crippen LogP contribution in [-0.4, -0.2) is 42.2 Å². The number of aromatic hydroxyl groups is 1. The lowest BCUT2D eigenvalue weighted by Gasteiger charge is -2.35. The number of hydrogen-bond acceptors (Lipinski definition) is 5. The Bertz CT molecular complexity index is 522. The summed E-state index contributed by atoms with van der Waals surface area (Å²) in [6.45, 7) is 5.43. The molecule has 1 atom stereocenters. The number of esters is 1. The quantitative estimate of drug-likeness (QED) is 0.652. The fourth-order valence-corrected chi connectivity index (χ4v) is 3.11. The fraction of sp³-hybridized carbons (Fsp3) is 0.562. The van der Waals surface area contributed by atoms with Gasteiger partial charge in [0.2, 0.25) is 0 Å². The van der Waals surface area contributed by atoms with Gasteiger partial charge in [-0.15, -0.1) is 0 Å². The first kappa shape index (κ1) is 14.4. The number of rotatable bonds is 4. The largest absolute Gasteiger partial charge is 0.504 e. The molecule has 2 N–H and O–H groups in total. The molecule has 1 aliphatic carbocycles. The van der Waals surface area contributed by atoms with Crippen LogP contribution in [0.3, 0.4) is 0 Å². The summed E-state index contributed by atoms with van der Waals surface area (Å²) in [5.41, 5.74) is 1.12. The van der Waals surface area contributed by atoms with Gasteiger partial charge in [-0.25, -0.2) is 0 Å². The molecule has 1 aliphatic heterocycles. The van der Waals surface area contributed by atoms with Gasteiger partial charge in [-0.1, -0.05) is 6.07 Å². The Hall–Kier alpha value is -1.59. The number of phenols is 1. The minimum atomic E-state index is -0.418. The summed E-state index contributed by atoms with van der Waals surface area (Å²) < 4.78 is 4.99. The van der Waals surface area contributed by atoms with Crippen molar-refractivity contribution >= 4 is 5.97 Å². The topological polar surface area (TPSA) is 61.8 Å². The lowest BCUT2D eigenvalue weighted by Crippen LogP contribution is -2.45. The van der Waals surface area contributed by atoms with Gasteiger partial charge < -0.3 is 15.2 Å². The van der Waals surface area contributed by atoms with E-state index in [1.165, 1.54) is 19.8 Å². The summed E-state index contributed by atoms with van der Waals surface area (Å²) in [6.07, 6.45) is 2.50. The van der Waals surface area contributed by atoms with Crippen LogP contribution in [0.5, 0.6) is 11.5 Å². The number of phenolic OH excluding ortho intramolecular Hbond substituents is 1. The van der Waals surface area contributed by atoms with E-state index < -0.39 is 5.97 Å². The standard InChI is InChI=1S/C16H22N2O3/c1-11(19)21-15-5-4-13(10-14(15)20)16(12-2-3-12)18-8-6-17-7-9-18/h4-5,10,12,16-17,20H,2-3,6-9H2,1H3/t16-/m1/s1. The van der Waals surface area contributed by atoms with Crippen molar-refractivity contribution in [3.05, 3.63) is 23.8 Å². The Morgan fingerprint density at radius 2 is 2.10 bits per heavy atom. The molecule has 3 rings (SSSR count). The molecule has 0 bridgehead atoms. The summed E-state index contributed by atoms with van der Waals surface area (Å²) in [5.74, 6) is 0.547. The second-order valence-electron chi connectivity index (χ2n) is 5.89. The summed E-state index contributed by atoms with van der Waals surface area (Å²) >= 11 is 0. The molecule has 21 heavy (non-hydrogen) atoms. The summed E-state index contributed by atoms with van der Waals surface area (Å²) in [4.78, 5) is 13.5. The second kappa shape index (κ2) is 6.03. The van der Waals surface area contributed by atoms with E-state index in [4.69, 9.17) is 4.74 Å². The van der Waals surface area contributed by atoms with Gasteiger partial charge in [0.15, 0.2) is 11.5 Å². The van der Waals surface area contributed by atoms with Crippen molar-refractivity contribution in [3.8, 4) is 11.5 Å². The zero-order valence-corrected chi connectivity index (χ0v) is 12.3. The van der Waals surface area contributed by atoms with Crippen molar-refractivity contribution in [3.63, 3.8) is 0 Å². The van der Waals surface area contributed by atoms with Gasteiger partial charge in [0.25, 0.3) is 0 Å². The fourth-order valence-electron chi connectivity index (χ4n) is 3.11. The number of nitrogens with zero attached hydrogens (tertiary/aromatic N) is 1. The number of nitrogens with one attached hydrogen (secondary N) is 1. The normalized spacial score (nSPS) is 21.0. The van der Waals surface area contributed by atoms with Gasteiger partial charge >= 0.3 is 5.97 Å². The first-order valence-electron chi connectivity index (χ1n) is 7.61. The maximum absolute atomic E-state index is 11.0. The number of piperazine rings is 1. The Kier molecular flexibility index (Phi) is 4.12. The van der Waals surface area contributed by atoms with E-state index in [1.807, 2.05) is 6.07 Å². The van der Waals surface area contributed by atoms with E-state index >= 15 is 0 Å². The van der Waals surface area contributed by atoms with E-state index in [-0.39, 0.29) is 11.5 Å². The third kappa shape index (κ3) is 3.36. The highest BCUT2D eigenvalue weighted by Gasteiger charge is 2.37. The smallest absolute Gasteiger partial charge is 0.308 e. The van der Waals surface area contributed by atoms with Crippen LogP contribution in [0.1, 0.15) is 31.4 Å². The van der Waals surface area contributed by atoms with Crippen molar-refractivity contribution in [2.45, 2.75) is 25.8 Å². The van der Waals surface area contributed by atoms with E-state index in [1.54, 1.807) is 12.1 Å². The Labute approximate surface area is 124 Å². The van der Waals surface area contributed by atoms with E-state index in [2.05, 4.69) is 10.2 Å². The molecule has 0 radical (unpaired) electrons. The molecule has 0 unspecified atom stereocenters. The molecule has 114 valence electrons. The number of benzene rings is 1. The maximum atomic E-state index is 11.0. The van der Waals surface area contributed by atoms with Gasteiger partial charge in [-0.05, 0) is 36.5 Å². The maximum Gasteiger partial charge on any atom is 0.308 e. The zero-order valence-electron chi connectivity index (χ0n) is 12.3. The van der Waals surface area contributed by atoms with Crippen molar-refractivity contribution in [2.75, 3.05) is 26.2 Å². The Morgan fingerprint density at radius 1 is 1.38 bits per heavy atom. The lowest BCUT2D eigenvalue weighted by atomic mass is 9.99. The molecule has 0 aromatic heterocycles. The van der Waals surface area contributed by atoms with Gasteiger partial charge in [0, 0.05) is 39.1 Å². The lowest BCUT2D eigenvalue weighted by molar-refractivity contribution is -0.132. The van der Waals surface area contributed by atoms with E-state index in [9.17, 15) is 9.90 Å². The highest BCUT2D eigenvalue weighted by Crippen LogP contribution is 2.46. The molecule has 1 saturated carbocycles. The SMILES string of the molecule is CC(=O)Oc1ccc([C@@H](C2CC2)N2CCNCC2)cc1O. The Morgan fingerprint density at radius 3 is 2.67 bits per heavy atom. The molecule has 1 saturated heterocycles. The Balaban J connectivity index is 1.82.